The number of carbonyl (C=O) groups is 2. The van der Waals surface area contributed by atoms with Gasteiger partial charge in [0, 0.05) is 5.56 Å². The Bertz CT molecular complexity index is 1850. The number of methoxy groups -OCH3 is 1. The number of nitrogens with zero attached hydrogens (tertiary/aromatic N) is 2. The van der Waals surface area contributed by atoms with Crippen LogP contribution in [0.2, 0.25) is 0 Å². The van der Waals surface area contributed by atoms with Crippen molar-refractivity contribution in [3.05, 3.63) is 126 Å². The average Bonchev–Trinajstić information content (AvgIpc) is 3.30. The summed E-state index contributed by atoms with van der Waals surface area (Å²) >= 11 is 1.23. The van der Waals surface area contributed by atoms with Gasteiger partial charge in [-0.25, -0.2) is 14.6 Å². The van der Waals surface area contributed by atoms with Crippen LogP contribution in [0.1, 0.15) is 46.9 Å². The maximum Gasteiger partial charge on any atom is 0.338 e. The van der Waals surface area contributed by atoms with Crippen LogP contribution in [0.3, 0.4) is 0 Å². The number of carboxylic acid groups (broad SMARTS) is 1. The minimum atomic E-state index is -0.993. The lowest BCUT2D eigenvalue weighted by atomic mass is 9.96. The molecule has 5 rings (SSSR count). The first-order valence-corrected chi connectivity index (χ1v) is 14.0. The van der Waals surface area contributed by atoms with Crippen LogP contribution in [-0.4, -0.2) is 35.3 Å². The summed E-state index contributed by atoms with van der Waals surface area (Å²) in [4.78, 5) is 43.2. The van der Waals surface area contributed by atoms with Crippen molar-refractivity contribution >= 4 is 29.4 Å². The molecule has 0 unspecified atom stereocenters. The second-order valence-corrected chi connectivity index (χ2v) is 10.4. The number of aromatic nitrogens is 1. The summed E-state index contributed by atoms with van der Waals surface area (Å²) in [6.07, 6.45) is 1.75. The molecule has 214 valence electrons. The van der Waals surface area contributed by atoms with Crippen LogP contribution in [0.25, 0.3) is 6.08 Å². The monoisotopic (exact) mass is 584 g/mol. The van der Waals surface area contributed by atoms with Crippen LogP contribution in [0.15, 0.2) is 93.9 Å². The van der Waals surface area contributed by atoms with Gasteiger partial charge in [-0.15, -0.1) is 0 Å². The summed E-state index contributed by atoms with van der Waals surface area (Å²) in [6, 6.07) is 20.3. The molecule has 0 fully saturated rings. The molecule has 42 heavy (non-hydrogen) atoms. The van der Waals surface area contributed by atoms with Gasteiger partial charge in [0.05, 0.1) is 41.1 Å². The van der Waals surface area contributed by atoms with Crippen LogP contribution in [-0.2, 0) is 16.1 Å². The van der Waals surface area contributed by atoms with E-state index in [1.807, 2.05) is 30.3 Å². The molecule has 1 N–H and O–H groups in total. The molecule has 0 aliphatic carbocycles. The Labute approximate surface area is 245 Å². The van der Waals surface area contributed by atoms with Gasteiger partial charge in [0.1, 0.15) is 18.1 Å². The molecule has 0 saturated heterocycles. The molecule has 9 nitrogen and oxygen atoms in total. The maximum absolute atomic E-state index is 13.9. The standard InChI is InChI=1S/C32H28N2O7S/c1-4-40-31(38)27-19(2)33-32-34(28(27)21-13-15-24(39-3)16-14-21)29(35)26(42-32)17-23-7-5-6-8-25(23)41-18-20-9-11-22(12-10-20)30(36)37/h5-17,28H,4,18H2,1-3H3,(H,36,37)/b26-17-/t28-/m1/s1. The average molecular weight is 585 g/mol. The predicted octanol–water partition coefficient (Wildman–Crippen LogP) is 4.08. The van der Waals surface area contributed by atoms with E-state index in [1.54, 1.807) is 57.4 Å². The zero-order valence-corrected chi connectivity index (χ0v) is 24.0. The topological polar surface area (TPSA) is 116 Å². The van der Waals surface area contributed by atoms with Crippen LogP contribution in [0.4, 0.5) is 0 Å². The van der Waals surface area contributed by atoms with Crippen LogP contribution < -0.4 is 24.4 Å². The number of thiazole rings is 1. The molecular weight excluding hydrogens is 556 g/mol. The number of hydrogen-bond donors (Lipinski definition) is 1. The molecule has 10 heteroatoms. The molecule has 1 atom stereocenters. The van der Waals surface area contributed by atoms with Crippen LogP contribution >= 0.6 is 11.3 Å². The molecule has 1 aromatic heterocycles. The first-order chi connectivity index (χ1) is 20.3. The van der Waals surface area contributed by atoms with Crippen LogP contribution in [0, 0.1) is 0 Å². The number of ether oxygens (including phenoxy) is 3. The lowest BCUT2D eigenvalue weighted by Crippen LogP contribution is -2.39. The Balaban J connectivity index is 1.55. The van der Waals surface area contributed by atoms with E-state index in [2.05, 4.69) is 4.99 Å². The number of fused-ring (bicyclic) bond motifs is 1. The molecule has 0 bridgehead atoms. The van der Waals surface area contributed by atoms with Crippen molar-refractivity contribution in [1.29, 1.82) is 0 Å². The van der Waals surface area contributed by atoms with Crippen molar-refractivity contribution in [2.45, 2.75) is 26.5 Å². The molecule has 2 heterocycles. The van der Waals surface area contributed by atoms with E-state index < -0.39 is 18.0 Å². The first-order valence-electron chi connectivity index (χ1n) is 13.2. The highest BCUT2D eigenvalue weighted by atomic mass is 32.1. The summed E-state index contributed by atoms with van der Waals surface area (Å²) < 4.78 is 18.7. The van der Waals surface area contributed by atoms with Crippen molar-refractivity contribution < 1.29 is 28.9 Å². The maximum atomic E-state index is 13.9. The van der Waals surface area contributed by atoms with Crippen LogP contribution in [0.5, 0.6) is 11.5 Å². The van der Waals surface area contributed by atoms with Gasteiger partial charge in [-0.1, -0.05) is 53.8 Å². The number of carbonyl (C=O) groups excluding carboxylic acids is 1. The fourth-order valence-corrected chi connectivity index (χ4v) is 5.71. The number of esters is 1. The SMILES string of the molecule is CCOC(=O)C1=C(C)N=c2s/c(=C\c3ccccc3OCc3ccc(C(=O)O)cc3)c(=O)n2[C@@H]1c1ccc(OC)cc1. The number of benzene rings is 3. The molecular formula is C32H28N2O7S. The molecule has 1 aliphatic heterocycles. The third-order valence-corrected chi connectivity index (χ3v) is 7.73. The van der Waals surface area contributed by atoms with E-state index in [1.165, 1.54) is 28.0 Å². The van der Waals surface area contributed by atoms with E-state index in [9.17, 15) is 14.4 Å². The largest absolute Gasteiger partial charge is 0.497 e. The summed E-state index contributed by atoms with van der Waals surface area (Å²) in [5.74, 6) is -0.309. The Morgan fingerprint density at radius 1 is 1.05 bits per heavy atom. The number of rotatable bonds is 9. The van der Waals surface area contributed by atoms with Gasteiger partial charge in [-0.3, -0.25) is 9.36 Å². The van der Waals surface area contributed by atoms with Crippen molar-refractivity contribution in [3.63, 3.8) is 0 Å². The second-order valence-electron chi connectivity index (χ2n) is 9.40. The zero-order chi connectivity index (χ0) is 29.8. The predicted molar refractivity (Wildman–Crippen MR) is 158 cm³/mol. The number of hydrogen-bond acceptors (Lipinski definition) is 8. The number of aromatic carboxylic acids is 1. The van der Waals surface area contributed by atoms with E-state index in [0.717, 1.165) is 11.1 Å². The van der Waals surface area contributed by atoms with Crippen molar-refractivity contribution in [2.24, 2.45) is 4.99 Å². The van der Waals surface area contributed by atoms with E-state index in [4.69, 9.17) is 19.3 Å². The highest BCUT2D eigenvalue weighted by molar-refractivity contribution is 7.07. The highest BCUT2D eigenvalue weighted by Crippen LogP contribution is 2.31. The Morgan fingerprint density at radius 3 is 2.43 bits per heavy atom. The molecule has 0 saturated carbocycles. The summed E-state index contributed by atoms with van der Waals surface area (Å²) in [6.45, 7) is 3.88. The summed E-state index contributed by atoms with van der Waals surface area (Å²) in [5.41, 5.74) is 2.90. The number of allylic oxidation sites excluding steroid dienone is 1. The Morgan fingerprint density at radius 2 is 1.76 bits per heavy atom. The van der Waals surface area contributed by atoms with E-state index in [0.29, 0.717) is 37.7 Å². The van der Waals surface area contributed by atoms with E-state index in [-0.39, 0.29) is 24.3 Å². The number of carboxylic acids is 1. The van der Waals surface area contributed by atoms with Crippen molar-refractivity contribution in [1.82, 2.24) is 4.57 Å². The summed E-state index contributed by atoms with van der Waals surface area (Å²) in [7, 11) is 1.57. The minimum Gasteiger partial charge on any atom is -0.497 e. The third-order valence-electron chi connectivity index (χ3n) is 6.75. The zero-order valence-electron chi connectivity index (χ0n) is 23.2. The van der Waals surface area contributed by atoms with Crippen molar-refractivity contribution in [3.8, 4) is 11.5 Å². The van der Waals surface area contributed by atoms with Gasteiger partial charge in [-0.05, 0) is 61.4 Å². The lowest BCUT2D eigenvalue weighted by molar-refractivity contribution is -0.139. The minimum absolute atomic E-state index is 0.190. The van der Waals surface area contributed by atoms with Gasteiger partial charge < -0.3 is 19.3 Å². The normalized spacial score (nSPS) is 14.6. The first kappa shape index (κ1) is 28.6. The lowest BCUT2D eigenvalue weighted by Gasteiger charge is -2.24. The van der Waals surface area contributed by atoms with Gasteiger partial charge in [0.2, 0.25) is 0 Å². The fraction of sp³-hybridized carbons (Fsp3) is 0.188. The molecule has 1 aliphatic rings. The summed E-state index contributed by atoms with van der Waals surface area (Å²) in [5, 5.41) is 9.13. The fourth-order valence-electron chi connectivity index (χ4n) is 4.67. The quantitative estimate of drug-likeness (QED) is 0.295. The highest BCUT2D eigenvalue weighted by Gasteiger charge is 2.33. The second kappa shape index (κ2) is 12.3. The van der Waals surface area contributed by atoms with Gasteiger partial charge in [-0.2, -0.15) is 0 Å². The van der Waals surface area contributed by atoms with Gasteiger partial charge in [0.25, 0.3) is 5.56 Å². The Hall–Kier alpha value is -4.96. The number of para-hydroxylation sites is 1. The molecule has 4 aromatic rings. The van der Waals surface area contributed by atoms with Gasteiger partial charge in [0.15, 0.2) is 4.80 Å². The molecule has 0 spiro atoms. The van der Waals surface area contributed by atoms with Gasteiger partial charge >= 0.3 is 11.9 Å². The third kappa shape index (κ3) is 5.75. The van der Waals surface area contributed by atoms with Crippen molar-refractivity contribution in [2.75, 3.05) is 13.7 Å². The molecule has 0 amide bonds. The molecule has 0 radical (unpaired) electrons. The molecule has 3 aromatic carbocycles. The van der Waals surface area contributed by atoms with E-state index >= 15 is 0 Å². The smallest absolute Gasteiger partial charge is 0.338 e. The Kier molecular flexibility index (Phi) is 8.35.